The molecule has 1 nitrogen and oxygen atoms in total. The Morgan fingerprint density at radius 1 is 0.871 bits per heavy atom. The van der Waals surface area contributed by atoms with Gasteiger partial charge >= 0.3 is 0 Å². The molecule has 0 aliphatic carbocycles. The average molecular weight is 449 g/mol. The van der Waals surface area contributed by atoms with Crippen LogP contribution in [0.5, 0.6) is 0 Å². The molecule has 0 radical (unpaired) electrons. The van der Waals surface area contributed by atoms with E-state index < -0.39 is 0 Å². The molecule has 1 aliphatic rings. The van der Waals surface area contributed by atoms with E-state index in [0.717, 1.165) is 51.4 Å². The third-order valence-corrected chi connectivity index (χ3v) is 7.07. The van der Waals surface area contributed by atoms with Crippen molar-refractivity contribution in [2.75, 3.05) is 5.73 Å². The summed E-state index contributed by atoms with van der Waals surface area (Å²) in [5, 5.41) is 0.554. The number of thioether (sulfide) groups is 1. The normalized spacial score (nSPS) is 21.5. The summed E-state index contributed by atoms with van der Waals surface area (Å²) >= 11 is 1.82. The molecule has 0 saturated carbocycles. The van der Waals surface area contributed by atoms with E-state index in [1.54, 1.807) is 0 Å². The van der Waals surface area contributed by atoms with Gasteiger partial charge in [-0.3, -0.25) is 0 Å². The van der Waals surface area contributed by atoms with Crippen molar-refractivity contribution in [2.24, 2.45) is 0 Å². The summed E-state index contributed by atoms with van der Waals surface area (Å²) in [5.74, 6) is 0. The first-order valence-corrected chi connectivity index (χ1v) is 13.3. The van der Waals surface area contributed by atoms with Crippen molar-refractivity contribution in [1.82, 2.24) is 0 Å². The van der Waals surface area contributed by atoms with E-state index in [9.17, 15) is 0 Å². The number of hydrogen-bond acceptors (Lipinski definition) is 2. The summed E-state index contributed by atoms with van der Waals surface area (Å²) < 4.78 is 14.0. The third kappa shape index (κ3) is 14.9. The van der Waals surface area contributed by atoms with Gasteiger partial charge in [-0.1, -0.05) is 53.5 Å². The van der Waals surface area contributed by atoms with Crippen LogP contribution in [0.2, 0.25) is 0 Å². The molecule has 2 heteroatoms. The molecular weight excluding hydrogens is 396 g/mol. The highest BCUT2D eigenvalue weighted by Gasteiger charge is 2.46. The maximum atomic E-state index is 8.37. The lowest BCUT2D eigenvalue weighted by Gasteiger charge is -2.10. The fourth-order valence-electron chi connectivity index (χ4n) is 3.61. The van der Waals surface area contributed by atoms with Gasteiger partial charge in [0.05, 0.1) is 11.7 Å². The van der Waals surface area contributed by atoms with Gasteiger partial charge in [0.2, 0.25) is 0 Å². The van der Waals surface area contributed by atoms with Crippen LogP contribution >= 0.6 is 11.8 Å². The Balaban J connectivity index is 2.18. The fraction of sp³-hybridized carbons (Fsp3) is 0.724. The van der Waals surface area contributed by atoms with Crippen LogP contribution in [-0.4, -0.2) is 22.7 Å². The minimum Gasteiger partial charge on any atom is -0.367 e. The van der Waals surface area contributed by atoms with Crippen LogP contribution in [-0.2, 0) is 4.74 Å². The highest BCUT2D eigenvalue weighted by Crippen LogP contribution is 2.38. The van der Waals surface area contributed by atoms with Crippen LogP contribution in [0.25, 0.3) is 0 Å². The Kier molecular flexibility index (Phi) is 13.0. The highest BCUT2D eigenvalue weighted by molar-refractivity contribution is 7.99. The minimum atomic E-state index is -0.0437. The molecule has 3 atom stereocenters. The van der Waals surface area contributed by atoms with Gasteiger partial charge in [-0.2, -0.15) is 11.8 Å². The fourth-order valence-corrected chi connectivity index (χ4v) is 4.57. The van der Waals surface area contributed by atoms with Gasteiger partial charge in [0.25, 0.3) is 0 Å². The molecule has 1 rings (SSSR count). The molecule has 0 aromatic carbocycles. The number of allylic oxidation sites excluding steroid dienone is 8. The number of rotatable bonds is 16. The summed E-state index contributed by atoms with van der Waals surface area (Å²) in [6, 6.07) is 0. The second kappa shape index (κ2) is 15.2. The molecule has 178 valence electrons. The molecule has 1 saturated heterocycles. The predicted octanol–water partition coefficient (Wildman–Crippen LogP) is 9.60. The molecular formula is C29H50OS. The van der Waals surface area contributed by atoms with Crippen LogP contribution in [0.3, 0.4) is 0 Å². The van der Waals surface area contributed by atoms with Crippen molar-refractivity contribution in [2.45, 2.75) is 130 Å². The smallest absolute Gasteiger partial charge is 0.0892 e. The van der Waals surface area contributed by atoms with E-state index in [0.29, 0.717) is 11.4 Å². The Labute approximate surface area is 200 Å². The molecule has 3 unspecified atom stereocenters. The average Bonchev–Trinajstić information content (AvgIpc) is 3.29. The SMILES string of the molecule is [3H]C(C/C(C)=C/CC/C=C(\C)CC/C=C(\C)CCC1OC1(C)C)SC(C)CCC=C(C)C. The summed E-state index contributed by atoms with van der Waals surface area (Å²) in [6.07, 6.45) is 19.9. The van der Waals surface area contributed by atoms with Crippen molar-refractivity contribution in [3.63, 3.8) is 0 Å². The van der Waals surface area contributed by atoms with E-state index in [-0.39, 0.29) is 11.3 Å². The topological polar surface area (TPSA) is 12.5 Å². The number of unbranched alkanes of at least 4 members (excludes halogenated alkanes) is 1. The monoisotopic (exact) mass is 448 g/mol. The lowest BCUT2D eigenvalue weighted by Crippen LogP contribution is -2.02. The summed E-state index contributed by atoms with van der Waals surface area (Å²) in [5.41, 5.74) is 5.82. The molecule has 0 spiro atoms. The molecule has 0 N–H and O–H groups in total. The highest BCUT2D eigenvalue weighted by atomic mass is 32.2. The van der Waals surface area contributed by atoms with Crippen LogP contribution in [0.15, 0.2) is 46.6 Å². The zero-order valence-electron chi connectivity index (χ0n) is 22.7. The molecule has 0 aromatic rings. The second-order valence-corrected chi connectivity index (χ2v) is 11.6. The minimum absolute atomic E-state index is 0.0437. The van der Waals surface area contributed by atoms with E-state index >= 15 is 0 Å². The lowest BCUT2D eigenvalue weighted by molar-refractivity contribution is 0.320. The van der Waals surface area contributed by atoms with Gasteiger partial charge in [0.15, 0.2) is 0 Å². The summed E-state index contributed by atoms with van der Waals surface area (Å²) in [4.78, 5) is 0. The third-order valence-electron chi connectivity index (χ3n) is 6.01. The molecule has 0 bridgehead atoms. The van der Waals surface area contributed by atoms with Gasteiger partial charge in [-0.25, -0.2) is 0 Å². The molecule has 31 heavy (non-hydrogen) atoms. The van der Waals surface area contributed by atoms with Gasteiger partial charge < -0.3 is 4.74 Å². The Hall–Kier alpha value is -0.730. The maximum absolute atomic E-state index is 8.37. The van der Waals surface area contributed by atoms with Gasteiger partial charge in [-0.15, -0.1) is 0 Å². The lowest BCUT2D eigenvalue weighted by atomic mass is 10.0. The van der Waals surface area contributed by atoms with E-state index in [1.165, 1.54) is 28.7 Å². The van der Waals surface area contributed by atoms with Crippen LogP contribution in [0.4, 0.5) is 0 Å². The summed E-state index contributed by atoms with van der Waals surface area (Å²) in [6.45, 7) is 17.6. The quantitative estimate of drug-likeness (QED) is 0.132. The van der Waals surface area contributed by atoms with Gasteiger partial charge in [-0.05, 0) is 112 Å². The second-order valence-electron chi connectivity index (χ2n) is 10.2. The molecule has 1 heterocycles. The number of epoxide rings is 1. The first-order valence-electron chi connectivity index (χ1n) is 12.9. The first kappa shape index (κ1) is 26.5. The Morgan fingerprint density at radius 2 is 1.42 bits per heavy atom. The zero-order valence-corrected chi connectivity index (χ0v) is 22.5. The predicted molar refractivity (Wildman–Crippen MR) is 143 cm³/mol. The van der Waals surface area contributed by atoms with Crippen molar-refractivity contribution in [3.05, 3.63) is 46.6 Å². The van der Waals surface area contributed by atoms with E-state index in [1.807, 2.05) is 11.8 Å². The van der Waals surface area contributed by atoms with Gasteiger partial charge in [0, 0.05) is 6.62 Å². The van der Waals surface area contributed by atoms with Crippen LogP contribution in [0, 0.1) is 0 Å². The van der Waals surface area contributed by atoms with Crippen molar-refractivity contribution >= 4 is 11.8 Å². The first-order chi connectivity index (χ1) is 15.0. The van der Waals surface area contributed by atoms with Crippen molar-refractivity contribution in [3.8, 4) is 0 Å². The molecule has 1 aliphatic heterocycles. The standard InChI is InChI=1S/C29H50OS/c1-23(2)13-11-18-27(6)31-22-21-26(5)15-10-9-14-24(3)16-12-17-25(4)19-20-28-29(7,8)30-28/h13-15,17,27-28H,9-12,16,18-22H2,1-8H3/b24-14+,25-17+,26-15+/i22T. The van der Waals surface area contributed by atoms with Gasteiger partial charge in [0.1, 0.15) is 0 Å². The molecule has 0 aromatic heterocycles. The zero-order chi connectivity index (χ0) is 24.1. The molecule has 1 fully saturated rings. The van der Waals surface area contributed by atoms with Crippen molar-refractivity contribution in [1.29, 1.82) is 0 Å². The largest absolute Gasteiger partial charge is 0.367 e. The Bertz CT molecular complexity index is 667. The number of ether oxygens (including phenoxy) is 1. The van der Waals surface area contributed by atoms with E-state index in [4.69, 9.17) is 6.11 Å². The van der Waals surface area contributed by atoms with Crippen molar-refractivity contribution < 1.29 is 6.11 Å². The molecule has 0 amide bonds. The Morgan fingerprint density at radius 3 is 2.00 bits per heavy atom. The summed E-state index contributed by atoms with van der Waals surface area (Å²) in [7, 11) is 0. The van der Waals surface area contributed by atoms with E-state index in [2.05, 4.69) is 79.7 Å². The number of hydrogen-bond donors (Lipinski definition) is 0. The van der Waals surface area contributed by atoms with Crippen LogP contribution in [0.1, 0.15) is 115 Å². The maximum Gasteiger partial charge on any atom is 0.0892 e. The van der Waals surface area contributed by atoms with Crippen LogP contribution < -0.4 is 0 Å².